The monoisotopic (exact) mass is 194 g/mol. The Bertz CT molecular complexity index is 323. The van der Waals surface area contributed by atoms with E-state index < -0.39 is 24.0 Å². The van der Waals surface area contributed by atoms with Crippen LogP contribution in [0.4, 0.5) is 18.6 Å². The lowest BCUT2D eigenvalue weighted by Gasteiger charge is -2.12. The van der Waals surface area contributed by atoms with Gasteiger partial charge in [0.15, 0.2) is 0 Å². The van der Waals surface area contributed by atoms with E-state index in [4.69, 9.17) is 0 Å². The first kappa shape index (κ1) is 9.55. The van der Waals surface area contributed by atoms with Crippen LogP contribution in [0.25, 0.3) is 0 Å². The van der Waals surface area contributed by atoms with Crippen molar-refractivity contribution in [1.29, 1.82) is 0 Å². The lowest BCUT2D eigenvalue weighted by atomic mass is 9.93. The van der Waals surface area contributed by atoms with Crippen molar-refractivity contribution in [1.82, 2.24) is 9.78 Å². The average molecular weight is 194 g/mol. The first-order valence-electron chi connectivity index (χ1n) is 3.26. The lowest BCUT2D eigenvalue weighted by molar-refractivity contribution is -0.385. The third kappa shape index (κ3) is 2.77. The fourth-order valence-corrected chi connectivity index (χ4v) is 0.759. The first-order valence-corrected chi connectivity index (χ1v) is 3.26. The highest BCUT2D eigenvalue weighted by Gasteiger charge is 2.24. The predicted octanol–water partition coefficient (Wildman–Crippen LogP) is 1.18. The van der Waals surface area contributed by atoms with Crippen molar-refractivity contribution in [3.05, 3.63) is 22.5 Å². The van der Waals surface area contributed by atoms with Crippen LogP contribution >= 0.6 is 0 Å². The van der Waals surface area contributed by atoms with Crippen LogP contribution in [-0.4, -0.2) is 21.7 Å². The maximum atomic E-state index is 11.8. The zero-order valence-corrected chi connectivity index (χ0v) is 6.23. The summed E-state index contributed by atoms with van der Waals surface area (Å²) in [4.78, 5) is 9.26. The molecule has 0 saturated carbocycles. The number of aromatic nitrogens is 2. The Hall–Kier alpha value is -1.54. The molecule has 0 bridgehead atoms. The molecule has 0 amide bonds. The van der Waals surface area contributed by atoms with Crippen molar-refractivity contribution in [3.8, 4) is 0 Å². The minimum Gasteiger partial charge on any atom is -0.448 e. The van der Waals surface area contributed by atoms with E-state index in [-0.39, 0.29) is 0 Å². The molecular weight excluding hydrogens is 190 g/mol. The predicted molar refractivity (Wildman–Crippen MR) is 38.0 cm³/mol. The van der Waals surface area contributed by atoms with E-state index in [9.17, 15) is 23.1 Å². The van der Waals surface area contributed by atoms with Crippen LogP contribution < -0.4 is 0 Å². The normalized spacial score (nSPS) is 11.6. The molecule has 1 rings (SSSR count). The summed E-state index contributed by atoms with van der Waals surface area (Å²) in [5.74, 6) is 0. The molecule has 1 aromatic rings. The molecule has 1 heterocycles. The summed E-state index contributed by atoms with van der Waals surface area (Å²) in [6.45, 7) is -5.01. The highest BCUT2D eigenvalue weighted by atomic mass is 19.4. The van der Waals surface area contributed by atoms with Gasteiger partial charge in [0.25, 0.3) is 0 Å². The van der Waals surface area contributed by atoms with Crippen LogP contribution in [-0.2, 0) is 6.44 Å². The second-order valence-corrected chi connectivity index (χ2v) is 2.39. The van der Waals surface area contributed by atoms with Gasteiger partial charge in [0.2, 0.25) is 0 Å². The maximum Gasteiger partial charge on any atom is 0.499 e. The SMILES string of the molecule is O=[N+]([O-])c1cnn(C[B-](F)(F)F)c1. The molecule has 13 heavy (non-hydrogen) atoms. The van der Waals surface area contributed by atoms with Gasteiger partial charge in [0.1, 0.15) is 6.20 Å². The molecule has 0 radical (unpaired) electrons. The van der Waals surface area contributed by atoms with Crippen LogP contribution in [0.1, 0.15) is 0 Å². The van der Waals surface area contributed by atoms with E-state index in [1.807, 2.05) is 0 Å². The van der Waals surface area contributed by atoms with Crippen LogP contribution in [0.5, 0.6) is 0 Å². The number of hydrogen-bond acceptors (Lipinski definition) is 3. The minimum absolute atomic E-state index is 0.444. The number of halogens is 3. The van der Waals surface area contributed by atoms with E-state index in [2.05, 4.69) is 5.10 Å². The number of nitro groups is 1. The highest BCUT2D eigenvalue weighted by Crippen LogP contribution is 2.13. The molecule has 0 aliphatic carbocycles. The third-order valence-electron chi connectivity index (χ3n) is 1.22. The molecule has 9 heteroatoms. The van der Waals surface area contributed by atoms with E-state index in [1.165, 1.54) is 0 Å². The van der Waals surface area contributed by atoms with Gasteiger partial charge in [-0.15, -0.1) is 0 Å². The van der Waals surface area contributed by atoms with Crippen molar-refractivity contribution in [2.45, 2.75) is 6.44 Å². The molecule has 0 aliphatic heterocycles. The second-order valence-electron chi connectivity index (χ2n) is 2.39. The summed E-state index contributed by atoms with van der Waals surface area (Å²) >= 11 is 0. The molecule has 0 saturated heterocycles. The van der Waals surface area contributed by atoms with Crippen molar-refractivity contribution >= 4 is 12.7 Å². The molecule has 1 aromatic heterocycles. The minimum atomic E-state index is -5.01. The zero-order chi connectivity index (χ0) is 10.1. The molecular formula is C4H4BF3N3O2-. The lowest BCUT2D eigenvalue weighted by Crippen LogP contribution is -2.24. The zero-order valence-electron chi connectivity index (χ0n) is 6.23. The first-order chi connectivity index (χ1) is 5.88. The second kappa shape index (κ2) is 3.07. The van der Waals surface area contributed by atoms with Gasteiger partial charge in [-0.3, -0.25) is 14.8 Å². The van der Waals surface area contributed by atoms with Gasteiger partial charge in [0, 0.05) is 6.44 Å². The molecule has 5 nitrogen and oxygen atoms in total. The number of hydrogen-bond donors (Lipinski definition) is 0. The van der Waals surface area contributed by atoms with E-state index in [1.54, 1.807) is 0 Å². The van der Waals surface area contributed by atoms with E-state index in [0.29, 0.717) is 4.68 Å². The average Bonchev–Trinajstić information content (AvgIpc) is 2.31. The summed E-state index contributed by atoms with van der Waals surface area (Å²) in [5.41, 5.74) is -0.444. The topological polar surface area (TPSA) is 61.0 Å². The Labute approximate surface area is 70.4 Å². The molecule has 0 aliphatic rings. The van der Waals surface area contributed by atoms with Gasteiger partial charge in [-0.1, -0.05) is 0 Å². The fourth-order valence-electron chi connectivity index (χ4n) is 0.759. The summed E-state index contributed by atoms with van der Waals surface area (Å²) in [5, 5.41) is 13.2. The van der Waals surface area contributed by atoms with E-state index in [0.717, 1.165) is 12.4 Å². The molecule has 0 atom stereocenters. The van der Waals surface area contributed by atoms with Crippen molar-refractivity contribution in [2.24, 2.45) is 0 Å². The van der Waals surface area contributed by atoms with Gasteiger partial charge >= 0.3 is 12.7 Å². The van der Waals surface area contributed by atoms with Gasteiger partial charge in [-0.05, 0) is 0 Å². The molecule has 0 spiro atoms. The number of rotatable bonds is 3. The molecule has 72 valence electrons. The molecule has 0 aromatic carbocycles. The molecule has 0 unspecified atom stereocenters. The maximum absolute atomic E-state index is 11.8. The quantitative estimate of drug-likeness (QED) is 0.412. The van der Waals surface area contributed by atoms with Crippen LogP contribution in [0.15, 0.2) is 12.4 Å². The smallest absolute Gasteiger partial charge is 0.448 e. The van der Waals surface area contributed by atoms with Crippen molar-refractivity contribution in [3.63, 3.8) is 0 Å². The van der Waals surface area contributed by atoms with Gasteiger partial charge in [-0.2, -0.15) is 5.10 Å². The van der Waals surface area contributed by atoms with Gasteiger partial charge in [-0.25, -0.2) is 0 Å². The van der Waals surface area contributed by atoms with Crippen LogP contribution in [0, 0.1) is 10.1 Å². The van der Waals surface area contributed by atoms with Crippen molar-refractivity contribution in [2.75, 3.05) is 0 Å². The van der Waals surface area contributed by atoms with Crippen LogP contribution in [0.3, 0.4) is 0 Å². The standard InChI is InChI=1S/C4H4BF3N3O2/c6-5(7,8)3-10-2-4(1-9-10)11(12)13/h1-2H,3H2/q-1. The summed E-state index contributed by atoms with van der Waals surface area (Å²) in [7, 11) is 0. The summed E-state index contributed by atoms with van der Waals surface area (Å²) in [6.07, 6.45) is 0.269. The highest BCUT2D eigenvalue weighted by molar-refractivity contribution is 6.57. The van der Waals surface area contributed by atoms with E-state index >= 15 is 0 Å². The third-order valence-corrected chi connectivity index (χ3v) is 1.22. The van der Waals surface area contributed by atoms with Crippen LogP contribution in [0.2, 0.25) is 0 Å². The molecule has 0 N–H and O–H groups in total. The van der Waals surface area contributed by atoms with Crippen molar-refractivity contribution < 1.29 is 17.9 Å². The summed E-state index contributed by atoms with van der Waals surface area (Å²) in [6, 6.07) is 0. The number of nitrogens with zero attached hydrogens (tertiary/aromatic N) is 3. The van der Waals surface area contributed by atoms with Gasteiger partial charge < -0.3 is 12.9 Å². The molecule has 0 fully saturated rings. The van der Waals surface area contributed by atoms with Gasteiger partial charge in [0.05, 0.1) is 11.1 Å². The summed E-state index contributed by atoms with van der Waals surface area (Å²) < 4.78 is 35.8. The Morgan fingerprint density at radius 2 is 2.23 bits per heavy atom. The Morgan fingerprint density at radius 3 is 2.62 bits per heavy atom. The largest absolute Gasteiger partial charge is 0.499 e. The Kier molecular flexibility index (Phi) is 2.26. The fraction of sp³-hybridized carbons (Fsp3) is 0.250. The Balaban J connectivity index is 2.75. The Morgan fingerprint density at radius 1 is 1.62 bits per heavy atom.